The van der Waals surface area contributed by atoms with Gasteiger partial charge in [0.1, 0.15) is 138 Å². The van der Waals surface area contributed by atoms with Gasteiger partial charge in [-0.3, -0.25) is 0 Å². The smallest absolute Gasteiger partial charge is 0.130 e. The molecular weight excluding hydrogens is 1400 g/mol. The number of hydrogen-bond acceptors (Lipinski definition) is 17. The van der Waals surface area contributed by atoms with E-state index in [1.165, 1.54) is 0 Å². The predicted molar refractivity (Wildman–Crippen MR) is 436 cm³/mol. The van der Waals surface area contributed by atoms with Crippen LogP contribution >= 0.6 is 0 Å². The Kier molecular flexibility index (Phi) is 32.8. The second kappa shape index (κ2) is 44.1. The molecule has 3 N–H and O–H groups in total. The normalized spacial score (nSPS) is 11.4. The van der Waals surface area contributed by atoms with E-state index in [0.29, 0.717) is 146 Å². The maximum absolute atomic E-state index is 12.5. The summed E-state index contributed by atoms with van der Waals surface area (Å²) in [5.74, 6) is 9.60. The van der Waals surface area contributed by atoms with Crippen molar-refractivity contribution in [1.29, 1.82) is 0 Å². The monoisotopic (exact) mass is 1510 g/mol. The molecule has 17 heteroatoms. The van der Waals surface area contributed by atoms with E-state index >= 15 is 0 Å². The fraction of sp³-hybridized carbons (Fsp3) is 0.362. The molecular formula is C94H111NO16. The van der Waals surface area contributed by atoms with E-state index in [4.69, 9.17) is 76.8 Å². The molecule has 0 saturated heterocycles. The van der Waals surface area contributed by atoms with Crippen molar-refractivity contribution in [3.63, 3.8) is 0 Å². The Labute approximate surface area is 656 Å². The van der Waals surface area contributed by atoms with Gasteiger partial charge in [0.2, 0.25) is 0 Å². The average molecular weight is 1510 g/mol. The minimum Gasteiger partial charge on any atom is -0.493 e. The molecule has 0 aliphatic carbocycles. The number of benzene rings is 10. The average Bonchev–Trinajstić information content (AvgIpc) is 0.774. The fourth-order valence-electron chi connectivity index (χ4n) is 12.2. The van der Waals surface area contributed by atoms with Crippen LogP contribution in [0, 0.1) is 0 Å². The van der Waals surface area contributed by atoms with Crippen LogP contribution in [0.4, 0.5) is 0 Å². The zero-order chi connectivity index (χ0) is 77.8. The summed E-state index contributed by atoms with van der Waals surface area (Å²) in [5.41, 5.74) is 13.8. The van der Waals surface area contributed by atoms with Gasteiger partial charge in [-0.2, -0.15) is 0 Å². The summed E-state index contributed by atoms with van der Waals surface area (Å²) >= 11 is 0. The number of ether oxygens (including phenoxy) is 15. The molecule has 0 radical (unpaired) electrons. The van der Waals surface area contributed by atoms with Crippen LogP contribution in [0.5, 0.6) is 86.2 Å². The topological polar surface area (TPSA) is 185 Å². The third-order valence-corrected chi connectivity index (χ3v) is 17.5. The summed E-state index contributed by atoms with van der Waals surface area (Å²) in [6.45, 7) is 22.4. The molecule has 0 fully saturated rings. The van der Waals surface area contributed by atoms with Crippen molar-refractivity contribution < 1.29 is 76.2 Å². The first kappa shape index (κ1) is 82.6. The SMILES string of the molecule is CCCOc1cc(COc2cc(COc3cc(COc4ccc(C[C@H](N)C(O)(c5ccccc5)c5ccccc5)cc4)cc(OCc4cc(OCc5cc(OCCC)cc(OCCC)c5)cc(OCc5cc(OCCC)cc(OCCC)c5)c4)c3)cc(OCc3cc(OCCC)cc(OCCC)c3)c2)cc(OCCC)c1. The molecule has 0 amide bonds. The maximum Gasteiger partial charge on any atom is 0.130 e. The molecule has 0 aliphatic rings. The predicted octanol–water partition coefficient (Wildman–Crippen LogP) is 20.9. The summed E-state index contributed by atoms with van der Waals surface area (Å²) < 4.78 is 95.9. The lowest BCUT2D eigenvalue weighted by atomic mass is 9.78. The van der Waals surface area contributed by atoms with Crippen molar-refractivity contribution in [3.8, 4) is 86.2 Å². The Morgan fingerprint density at radius 3 is 0.595 bits per heavy atom. The first-order valence-electron chi connectivity index (χ1n) is 39.4. The number of aliphatic hydroxyl groups is 1. The summed E-state index contributed by atoms with van der Waals surface area (Å²) in [5, 5.41) is 12.5. The highest BCUT2D eigenvalue weighted by molar-refractivity contribution is 5.47. The molecule has 0 unspecified atom stereocenters. The highest BCUT2D eigenvalue weighted by Gasteiger charge is 2.38. The molecule has 0 aromatic heterocycles. The Balaban J connectivity index is 0.963. The molecule has 0 heterocycles. The van der Waals surface area contributed by atoms with Crippen LogP contribution in [0.2, 0.25) is 0 Å². The van der Waals surface area contributed by atoms with Gasteiger partial charge in [-0.25, -0.2) is 0 Å². The van der Waals surface area contributed by atoms with Gasteiger partial charge < -0.3 is 81.9 Å². The van der Waals surface area contributed by atoms with Crippen LogP contribution in [0.1, 0.15) is 162 Å². The lowest BCUT2D eigenvalue weighted by molar-refractivity contribution is 0.0516. The van der Waals surface area contributed by atoms with E-state index in [-0.39, 0.29) is 46.2 Å². The van der Waals surface area contributed by atoms with Gasteiger partial charge in [0.05, 0.1) is 52.9 Å². The molecule has 10 aromatic carbocycles. The summed E-state index contributed by atoms with van der Waals surface area (Å²) in [7, 11) is 0. The first-order chi connectivity index (χ1) is 54.3. The lowest BCUT2D eigenvalue weighted by Crippen LogP contribution is -2.47. The van der Waals surface area contributed by atoms with E-state index in [2.05, 4.69) is 55.4 Å². The largest absolute Gasteiger partial charge is 0.493 e. The van der Waals surface area contributed by atoms with Gasteiger partial charge in [0.25, 0.3) is 0 Å². The Morgan fingerprint density at radius 1 is 0.225 bits per heavy atom. The van der Waals surface area contributed by atoms with Gasteiger partial charge in [0.15, 0.2) is 0 Å². The Hall–Kier alpha value is -10.9. The standard InChI is InChI=1S/C94H111NO16/c1-9-31-97-79-39-69(40-80(54-79)98-32-10-2)62-106-89-49-74(50-90(59-89)107-63-70-41-81(99-33-11-3)55-82(42-70)100-34-12-4)66-110-87-47-73(61-105-78-29-27-68(28-30-78)53-93(95)94(96,76-23-19-17-20-24-76)77-25-21-18-22-26-77)48-88(58-87)111-67-75-51-91(108-64-71-43-83(101-35-13-5)56-84(44-71)102-36-14-6)60-92(52-75)109-65-72-45-85(103-37-15-7)57-86(46-72)104-38-16-8/h17-30,39-52,54-60,93,96H,9-16,31-38,53,61-67,95H2,1-8H3/t93-/m0/s1. The minimum atomic E-state index is -1.45. The van der Waals surface area contributed by atoms with Crippen molar-refractivity contribution >= 4 is 0 Å². The van der Waals surface area contributed by atoms with Crippen molar-refractivity contribution in [2.75, 3.05) is 52.9 Å². The maximum atomic E-state index is 12.5. The number of rotatable bonds is 50. The molecule has 10 rings (SSSR count). The van der Waals surface area contributed by atoms with E-state index in [9.17, 15) is 5.11 Å². The molecule has 588 valence electrons. The van der Waals surface area contributed by atoms with Gasteiger partial charge in [-0.1, -0.05) is 128 Å². The van der Waals surface area contributed by atoms with Crippen molar-refractivity contribution in [3.05, 3.63) is 268 Å². The zero-order valence-electron chi connectivity index (χ0n) is 65.9. The molecule has 111 heavy (non-hydrogen) atoms. The van der Waals surface area contributed by atoms with Crippen molar-refractivity contribution in [2.24, 2.45) is 5.73 Å². The van der Waals surface area contributed by atoms with Gasteiger partial charge >= 0.3 is 0 Å². The molecule has 0 bridgehead atoms. The number of hydrogen-bond donors (Lipinski definition) is 2. The molecule has 0 spiro atoms. The van der Waals surface area contributed by atoms with E-state index < -0.39 is 11.6 Å². The second-order valence-corrected chi connectivity index (χ2v) is 27.5. The highest BCUT2D eigenvalue weighted by atomic mass is 16.5. The third-order valence-electron chi connectivity index (χ3n) is 17.5. The van der Waals surface area contributed by atoms with E-state index in [1.54, 1.807) is 0 Å². The molecule has 0 aliphatic heterocycles. The van der Waals surface area contributed by atoms with Gasteiger partial charge in [-0.05, 0) is 210 Å². The Morgan fingerprint density at radius 2 is 0.405 bits per heavy atom. The lowest BCUT2D eigenvalue weighted by Gasteiger charge is -2.35. The second-order valence-electron chi connectivity index (χ2n) is 27.5. The molecule has 0 saturated carbocycles. The van der Waals surface area contributed by atoms with Gasteiger partial charge in [-0.15, -0.1) is 0 Å². The zero-order valence-corrected chi connectivity index (χ0v) is 65.9. The molecule has 10 aromatic rings. The van der Waals surface area contributed by atoms with Crippen molar-refractivity contribution in [2.45, 2.75) is 171 Å². The van der Waals surface area contributed by atoms with Crippen LogP contribution in [-0.4, -0.2) is 64.0 Å². The van der Waals surface area contributed by atoms with Crippen LogP contribution in [-0.2, 0) is 58.3 Å². The van der Waals surface area contributed by atoms with E-state index in [0.717, 1.165) is 107 Å². The van der Waals surface area contributed by atoms with Crippen LogP contribution in [0.3, 0.4) is 0 Å². The van der Waals surface area contributed by atoms with Crippen LogP contribution < -0.4 is 76.8 Å². The quantitative estimate of drug-likeness (QED) is 0.0366. The summed E-state index contributed by atoms with van der Waals surface area (Å²) in [6.07, 6.45) is 7.27. The van der Waals surface area contributed by atoms with E-state index in [1.807, 2.05) is 212 Å². The highest BCUT2D eigenvalue weighted by Crippen LogP contribution is 2.37. The Bertz CT molecular complexity index is 3900. The van der Waals surface area contributed by atoms with Crippen LogP contribution in [0.25, 0.3) is 0 Å². The summed E-state index contributed by atoms with van der Waals surface area (Å²) in [4.78, 5) is 0. The molecule has 1 atom stereocenters. The fourth-order valence-corrected chi connectivity index (χ4v) is 12.2. The van der Waals surface area contributed by atoms with Crippen LogP contribution in [0.15, 0.2) is 212 Å². The van der Waals surface area contributed by atoms with Crippen molar-refractivity contribution in [1.82, 2.24) is 0 Å². The first-order valence-corrected chi connectivity index (χ1v) is 39.4. The molecule has 17 nitrogen and oxygen atoms in total. The minimum absolute atomic E-state index is 0.106. The summed E-state index contributed by atoms with van der Waals surface area (Å²) in [6, 6.07) is 67.3. The number of nitrogens with two attached hydrogens (primary N) is 1. The third kappa shape index (κ3) is 26.4. The van der Waals surface area contributed by atoms with Gasteiger partial charge in [0, 0.05) is 48.5 Å².